The highest BCUT2D eigenvalue weighted by Crippen LogP contribution is 2.38. The maximum Gasteiger partial charge on any atom is 0.325 e. The number of carbonyl (C=O) groups excluding carboxylic acids is 1. The van der Waals surface area contributed by atoms with Crippen molar-refractivity contribution in [1.29, 1.82) is 0 Å². The van der Waals surface area contributed by atoms with E-state index >= 15 is 0 Å². The molecule has 0 bridgehead atoms. The van der Waals surface area contributed by atoms with Crippen molar-refractivity contribution in [2.75, 3.05) is 13.4 Å². The van der Waals surface area contributed by atoms with Crippen LogP contribution in [0.1, 0.15) is 5.56 Å². The number of carbonyl (C=O) groups is 1. The monoisotopic (exact) mass is 236 g/mol. The van der Waals surface area contributed by atoms with Crippen molar-refractivity contribution in [3.8, 4) is 0 Å². The molecule has 0 aliphatic carbocycles. The van der Waals surface area contributed by atoms with Gasteiger partial charge in [-0.05, 0) is 6.26 Å². The summed E-state index contributed by atoms with van der Waals surface area (Å²) in [6.45, 7) is 0. The summed E-state index contributed by atoms with van der Waals surface area (Å²) in [7, 11) is 1.47. The minimum atomic E-state index is -1.20. The van der Waals surface area contributed by atoms with Gasteiger partial charge in [-0.25, -0.2) is 0 Å². The average Bonchev–Trinajstić information content (AvgIpc) is 2.68. The number of hydrogen-bond acceptors (Lipinski definition) is 4. The first-order chi connectivity index (χ1) is 7.72. The predicted octanol–water partition coefficient (Wildman–Crippen LogP) is 2.29. The van der Waals surface area contributed by atoms with Gasteiger partial charge in [-0.1, -0.05) is 42.1 Å². The first-order valence-corrected chi connectivity index (χ1v) is 6.05. The normalized spacial score (nSPS) is 24.1. The number of thioether (sulfide) groups is 1. The molecule has 0 saturated carbocycles. The van der Waals surface area contributed by atoms with E-state index in [4.69, 9.17) is 9.47 Å². The fourth-order valence-corrected chi connectivity index (χ4v) is 2.14. The van der Waals surface area contributed by atoms with E-state index in [1.165, 1.54) is 24.9 Å². The standard InChI is InChI=1S/C12H12O3S/c1-14-12(16-2)11(13)8-10(15-12)9-6-4-3-5-7-9/h3-8H,1-2H3/t12-/m0/s1. The summed E-state index contributed by atoms with van der Waals surface area (Å²) in [4.78, 5) is 11.8. The van der Waals surface area contributed by atoms with Crippen LogP contribution in [0, 0.1) is 0 Å². The summed E-state index contributed by atoms with van der Waals surface area (Å²) < 4.78 is 10.7. The second kappa shape index (κ2) is 4.31. The van der Waals surface area contributed by atoms with E-state index in [0.29, 0.717) is 5.76 Å². The predicted molar refractivity (Wildman–Crippen MR) is 63.8 cm³/mol. The SMILES string of the molecule is CO[C@]1(SC)OC(c2ccccc2)=CC1=O. The molecule has 1 aliphatic heterocycles. The fourth-order valence-electron chi connectivity index (χ4n) is 1.54. The van der Waals surface area contributed by atoms with Gasteiger partial charge >= 0.3 is 5.12 Å². The Labute approximate surface area is 98.4 Å². The highest BCUT2D eigenvalue weighted by molar-refractivity contribution is 8.00. The Bertz CT molecular complexity index is 421. The molecule has 1 atom stereocenters. The third-order valence-electron chi connectivity index (χ3n) is 2.40. The van der Waals surface area contributed by atoms with Crippen LogP contribution >= 0.6 is 11.8 Å². The molecular weight excluding hydrogens is 224 g/mol. The first-order valence-electron chi connectivity index (χ1n) is 4.83. The minimum Gasteiger partial charge on any atom is -0.445 e. The molecule has 1 heterocycles. The molecule has 0 spiro atoms. The number of ether oxygens (including phenoxy) is 2. The third-order valence-corrected chi connectivity index (χ3v) is 3.39. The largest absolute Gasteiger partial charge is 0.445 e. The summed E-state index contributed by atoms with van der Waals surface area (Å²) in [6, 6.07) is 9.50. The molecule has 1 aromatic rings. The molecule has 84 valence electrons. The Morgan fingerprint density at radius 3 is 2.50 bits per heavy atom. The molecule has 0 saturated heterocycles. The van der Waals surface area contributed by atoms with E-state index in [1.54, 1.807) is 6.26 Å². The van der Waals surface area contributed by atoms with Crippen molar-refractivity contribution in [1.82, 2.24) is 0 Å². The van der Waals surface area contributed by atoms with Gasteiger partial charge in [0.15, 0.2) is 0 Å². The van der Waals surface area contributed by atoms with Crippen molar-refractivity contribution in [3.05, 3.63) is 42.0 Å². The third kappa shape index (κ3) is 1.74. The number of ketones is 1. The van der Waals surface area contributed by atoms with Crippen molar-refractivity contribution in [3.63, 3.8) is 0 Å². The molecule has 16 heavy (non-hydrogen) atoms. The van der Waals surface area contributed by atoms with Crippen LogP contribution < -0.4 is 0 Å². The van der Waals surface area contributed by atoms with E-state index in [9.17, 15) is 4.79 Å². The molecule has 0 radical (unpaired) electrons. The maximum atomic E-state index is 11.8. The van der Waals surface area contributed by atoms with E-state index in [1.807, 2.05) is 30.3 Å². The number of hydrogen-bond donors (Lipinski definition) is 0. The Morgan fingerprint density at radius 2 is 2.00 bits per heavy atom. The van der Waals surface area contributed by atoms with Crippen LogP contribution in [0.4, 0.5) is 0 Å². The zero-order chi connectivity index (χ0) is 11.6. The topological polar surface area (TPSA) is 35.5 Å². The Morgan fingerprint density at radius 1 is 1.31 bits per heavy atom. The zero-order valence-corrected chi connectivity index (χ0v) is 9.91. The van der Waals surface area contributed by atoms with Crippen LogP contribution in [0.3, 0.4) is 0 Å². The zero-order valence-electron chi connectivity index (χ0n) is 9.10. The Hall–Kier alpha value is -1.26. The average molecular weight is 236 g/mol. The molecular formula is C12H12O3S. The summed E-state index contributed by atoms with van der Waals surface area (Å²) >= 11 is 1.24. The Balaban J connectivity index is 2.30. The molecule has 0 fully saturated rings. The lowest BCUT2D eigenvalue weighted by atomic mass is 10.2. The smallest absolute Gasteiger partial charge is 0.325 e. The van der Waals surface area contributed by atoms with Crippen LogP contribution in [0.2, 0.25) is 0 Å². The number of methoxy groups -OCH3 is 1. The van der Waals surface area contributed by atoms with Gasteiger partial charge in [0.1, 0.15) is 5.76 Å². The number of benzene rings is 1. The van der Waals surface area contributed by atoms with E-state index in [-0.39, 0.29) is 5.78 Å². The lowest BCUT2D eigenvalue weighted by molar-refractivity contribution is -0.148. The Kier molecular flexibility index (Phi) is 3.03. The van der Waals surface area contributed by atoms with Crippen molar-refractivity contribution < 1.29 is 14.3 Å². The van der Waals surface area contributed by atoms with Gasteiger partial charge in [0.2, 0.25) is 5.78 Å². The van der Waals surface area contributed by atoms with E-state index in [2.05, 4.69) is 0 Å². The summed E-state index contributed by atoms with van der Waals surface area (Å²) in [6.07, 6.45) is 3.26. The molecule has 1 aliphatic rings. The van der Waals surface area contributed by atoms with E-state index < -0.39 is 5.12 Å². The van der Waals surface area contributed by atoms with Crippen LogP contribution in [-0.4, -0.2) is 24.3 Å². The second-order valence-corrected chi connectivity index (χ2v) is 4.25. The van der Waals surface area contributed by atoms with Crippen molar-refractivity contribution >= 4 is 23.3 Å². The molecule has 0 unspecified atom stereocenters. The van der Waals surface area contributed by atoms with Gasteiger partial charge in [0.25, 0.3) is 0 Å². The molecule has 0 aromatic heterocycles. The molecule has 4 heteroatoms. The van der Waals surface area contributed by atoms with Gasteiger partial charge in [-0.3, -0.25) is 4.79 Å². The van der Waals surface area contributed by atoms with Gasteiger partial charge in [-0.2, -0.15) is 0 Å². The summed E-state index contributed by atoms with van der Waals surface area (Å²) in [5.74, 6) is 0.392. The fraction of sp³-hybridized carbons (Fsp3) is 0.250. The highest BCUT2D eigenvalue weighted by Gasteiger charge is 2.45. The van der Waals surface area contributed by atoms with Gasteiger partial charge < -0.3 is 9.47 Å². The summed E-state index contributed by atoms with van der Waals surface area (Å²) in [5, 5.41) is -1.20. The van der Waals surface area contributed by atoms with Crippen LogP contribution in [0.15, 0.2) is 36.4 Å². The maximum absolute atomic E-state index is 11.8. The van der Waals surface area contributed by atoms with Crippen LogP contribution in [-0.2, 0) is 14.3 Å². The van der Waals surface area contributed by atoms with Crippen LogP contribution in [0.5, 0.6) is 0 Å². The quantitative estimate of drug-likeness (QED) is 0.754. The number of rotatable bonds is 3. The first kappa shape index (κ1) is 11.2. The minimum absolute atomic E-state index is 0.165. The summed E-state index contributed by atoms with van der Waals surface area (Å²) in [5.41, 5.74) is 0.879. The van der Waals surface area contributed by atoms with Crippen LogP contribution in [0.25, 0.3) is 5.76 Å². The lowest BCUT2D eigenvalue weighted by Crippen LogP contribution is -2.34. The molecule has 0 amide bonds. The van der Waals surface area contributed by atoms with Gasteiger partial charge in [0, 0.05) is 18.7 Å². The molecule has 3 nitrogen and oxygen atoms in total. The van der Waals surface area contributed by atoms with Gasteiger partial charge in [0.05, 0.1) is 0 Å². The van der Waals surface area contributed by atoms with Gasteiger partial charge in [-0.15, -0.1) is 0 Å². The van der Waals surface area contributed by atoms with E-state index in [0.717, 1.165) is 5.56 Å². The lowest BCUT2D eigenvalue weighted by Gasteiger charge is -2.23. The molecule has 0 N–H and O–H groups in total. The van der Waals surface area contributed by atoms with Crippen molar-refractivity contribution in [2.45, 2.75) is 5.12 Å². The van der Waals surface area contributed by atoms with Crippen molar-refractivity contribution in [2.24, 2.45) is 0 Å². The second-order valence-electron chi connectivity index (χ2n) is 3.31. The molecule has 2 rings (SSSR count). The molecule has 1 aromatic carbocycles. The highest BCUT2D eigenvalue weighted by atomic mass is 32.2.